The normalized spacial score (nSPS) is 20.4. The van der Waals surface area contributed by atoms with Crippen LogP contribution in [0.5, 0.6) is 0 Å². The van der Waals surface area contributed by atoms with Gasteiger partial charge in [0.05, 0.1) is 6.42 Å². The second-order valence-corrected chi connectivity index (χ2v) is 6.08. The van der Waals surface area contributed by atoms with E-state index >= 15 is 0 Å². The highest BCUT2D eigenvalue weighted by Crippen LogP contribution is 2.22. The Morgan fingerprint density at radius 1 is 1.42 bits per heavy atom. The highest BCUT2D eigenvalue weighted by molar-refractivity contribution is 9.10. The third kappa shape index (κ3) is 4.62. The molecule has 3 nitrogen and oxygen atoms in total. The first-order valence-corrected chi connectivity index (χ1v) is 7.65. The van der Waals surface area contributed by atoms with Crippen LogP contribution in [0, 0.1) is 0 Å². The van der Waals surface area contributed by atoms with Crippen molar-refractivity contribution in [2.45, 2.75) is 38.1 Å². The van der Waals surface area contributed by atoms with Crippen LogP contribution in [0.25, 0.3) is 0 Å². The number of halogens is 1. The van der Waals surface area contributed by atoms with Crippen molar-refractivity contribution in [3.8, 4) is 0 Å². The van der Waals surface area contributed by atoms with Crippen LogP contribution in [-0.2, 0) is 11.2 Å². The molecule has 1 fully saturated rings. The lowest BCUT2D eigenvalue weighted by molar-refractivity contribution is -0.137. The van der Waals surface area contributed by atoms with Crippen LogP contribution < -0.4 is 0 Å². The Balaban J connectivity index is 1.97. The molecule has 1 atom stereocenters. The van der Waals surface area contributed by atoms with Crippen molar-refractivity contribution in [1.82, 2.24) is 4.90 Å². The molecule has 0 amide bonds. The quantitative estimate of drug-likeness (QED) is 0.902. The molecule has 4 heteroatoms. The number of aliphatic carboxylic acids is 1. The van der Waals surface area contributed by atoms with Gasteiger partial charge in [0, 0.05) is 17.1 Å². The van der Waals surface area contributed by atoms with Crippen LogP contribution in [0.4, 0.5) is 0 Å². The summed E-state index contributed by atoms with van der Waals surface area (Å²) in [5.74, 6) is -0.702. The standard InChI is InChI=1S/C15H20BrNO2/c16-13-5-3-4-12(10-13)11-14-6-1-2-8-17(14)9-7-15(18)19/h3-5,10,14H,1-2,6-9,11H2,(H,18,19). The van der Waals surface area contributed by atoms with E-state index in [1.807, 2.05) is 6.07 Å². The zero-order valence-electron chi connectivity index (χ0n) is 11.0. The largest absolute Gasteiger partial charge is 0.481 e. The predicted octanol–water partition coefficient (Wildman–Crippen LogP) is 3.32. The van der Waals surface area contributed by atoms with E-state index < -0.39 is 5.97 Å². The summed E-state index contributed by atoms with van der Waals surface area (Å²) in [5, 5.41) is 8.82. The highest BCUT2D eigenvalue weighted by Gasteiger charge is 2.22. The Morgan fingerprint density at radius 2 is 2.26 bits per heavy atom. The number of hydrogen-bond donors (Lipinski definition) is 1. The average Bonchev–Trinajstić information content (AvgIpc) is 2.38. The van der Waals surface area contributed by atoms with E-state index in [4.69, 9.17) is 5.11 Å². The van der Waals surface area contributed by atoms with Crippen molar-refractivity contribution < 1.29 is 9.90 Å². The van der Waals surface area contributed by atoms with Gasteiger partial charge in [0.1, 0.15) is 0 Å². The van der Waals surface area contributed by atoms with Gasteiger partial charge in [-0.2, -0.15) is 0 Å². The smallest absolute Gasteiger partial charge is 0.304 e. The van der Waals surface area contributed by atoms with Gasteiger partial charge in [0.25, 0.3) is 0 Å². The van der Waals surface area contributed by atoms with Crippen molar-refractivity contribution in [2.75, 3.05) is 13.1 Å². The number of nitrogens with zero attached hydrogens (tertiary/aromatic N) is 1. The van der Waals surface area contributed by atoms with Crippen LogP contribution in [0.3, 0.4) is 0 Å². The van der Waals surface area contributed by atoms with Gasteiger partial charge in [-0.15, -0.1) is 0 Å². The summed E-state index contributed by atoms with van der Waals surface area (Å²) < 4.78 is 1.11. The summed E-state index contributed by atoms with van der Waals surface area (Å²) in [7, 11) is 0. The lowest BCUT2D eigenvalue weighted by Gasteiger charge is -2.35. The van der Waals surface area contributed by atoms with Crippen molar-refractivity contribution in [2.24, 2.45) is 0 Å². The van der Waals surface area contributed by atoms with Gasteiger partial charge < -0.3 is 5.11 Å². The zero-order valence-corrected chi connectivity index (χ0v) is 12.6. The van der Waals surface area contributed by atoms with Crippen molar-refractivity contribution in [1.29, 1.82) is 0 Å². The van der Waals surface area contributed by atoms with E-state index in [0.29, 0.717) is 12.6 Å². The Morgan fingerprint density at radius 3 is 3.00 bits per heavy atom. The van der Waals surface area contributed by atoms with E-state index in [1.54, 1.807) is 0 Å². The fourth-order valence-electron chi connectivity index (χ4n) is 2.76. The van der Waals surface area contributed by atoms with Gasteiger partial charge in [0.15, 0.2) is 0 Å². The molecule has 1 aliphatic rings. The van der Waals surface area contributed by atoms with Gasteiger partial charge >= 0.3 is 5.97 Å². The van der Waals surface area contributed by atoms with Crippen LogP contribution in [0.1, 0.15) is 31.2 Å². The van der Waals surface area contributed by atoms with E-state index in [1.165, 1.54) is 24.8 Å². The molecule has 1 aliphatic heterocycles. The number of carboxylic acids is 1. The van der Waals surface area contributed by atoms with Gasteiger partial charge in [-0.05, 0) is 43.5 Å². The molecule has 1 saturated heterocycles. The van der Waals surface area contributed by atoms with E-state index in [-0.39, 0.29) is 6.42 Å². The maximum absolute atomic E-state index is 10.7. The number of rotatable bonds is 5. The monoisotopic (exact) mass is 325 g/mol. The lowest BCUT2D eigenvalue weighted by atomic mass is 9.95. The van der Waals surface area contributed by atoms with Gasteiger partial charge in [-0.25, -0.2) is 0 Å². The summed E-state index contributed by atoms with van der Waals surface area (Å²) in [5.41, 5.74) is 1.32. The first-order chi connectivity index (χ1) is 9.15. The lowest BCUT2D eigenvalue weighted by Crippen LogP contribution is -2.41. The second kappa shape index (κ2) is 7.06. The minimum atomic E-state index is -0.702. The molecule has 104 valence electrons. The number of carbonyl (C=O) groups is 1. The molecule has 1 aromatic rings. The molecule has 0 aliphatic carbocycles. The van der Waals surface area contributed by atoms with Crippen LogP contribution >= 0.6 is 15.9 Å². The summed E-state index contributed by atoms with van der Waals surface area (Å²) >= 11 is 3.50. The molecule has 1 unspecified atom stereocenters. The molecule has 0 radical (unpaired) electrons. The Bertz CT molecular complexity index is 436. The maximum atomic E-state index is 10.7. The molecule has 1 aromatic carbocycles. The molecule has 0 bridgehead atoms. The highest BCUT2D eigenvalue weighted by atomic mass is 79.9. The first-order valence-electron chi connectivity index (χ1n) is 6.85. The molecule has 1 heterocycles. The molecule has 0 aromatic heterocycles. The Hall–Kier alpha value is -0.870. The Kier molecular flexibility index (Phi) is 5.40. The summed E-state index contributed by atoms with van der Waals surface area (Å²) in [6.07, 6.45) is 4.87. The number of hydrogen-bond acceptors (Lipinski definition) is 2. The molecule has 19 heavy (non-hydrogen) atoms. The third-order valence-corrected chi connectivity index (χ3v) is 4.22. The van der Waals surface area contributed by atoms with Gasteiger partial charge in [-0.3, -0.25) is 9.69 Å². The first kappa shape index (κ1) is 14.5. The fraction of sp³-hybridized carbons (Fsp3) is 0.533. The van der Waals surface area contributed by atoms with Gasteiger partial charge in [0.2, 0.25) is 0 Å². The fourth-order valence-corrected chi connectivity index (χ4v) is 3.21. The topological polar surface area (TPSA) is 40.5 Å². The molecular formula is C15H20BrNO2. The predicted molar refractivity (Wildman–Crippen MR) is 79.3 cm³/mol. The minimum absolute atomic E-state index is 0.245. The van der Waals surface area contributed by atoms with Crippen LogP contribution in [-0.4, -0.2) is 35.1 Å². The number of carboxylic acid groups (broad SMARTS) is 1. The number of benzene rings is 1. The number of piperidine rings is 1. The molecule has 0 spiro atoms. The van der Waals surface area contributed by atoms with E-state index in [2.05, 4.69) is 39.0 Å². The molecule has 1 N–H and O–H groups in total. The van der Waals surface area contributed by atoms with E-state index in [9.17, 15) is 4.79 Å². The zero-order chi connectivity index (χ0) is 13.7. The van der Waals surface area contributed by atoms with Crippen LogP contribution in [0.2, 0.25) is 0 Å². The second-order valence-electron chi connectivity index (χ2n) is 5.16. The third-order valence-electron chi connectivity index (χ3n) is 3.72. The molecular weight excluding hydrogens is 306 g/mol. The van der Waals surface area contributed by atoms with Crippen molar-refractivity contribution in [3.63, 3.8) is 0 Å². The molecule has 2 rings (SSSR count). The Labute approximate surface area is 122 Å². The summed E-state index contributed by atoms with van der Waals surface area (Å²) in [6, 6.07) is 8.89. The SMILES string of the molecule is O=C(O)CCN1CCCCC1Cc1cccc(Br)c1. The van der Waals surface area contributed by atoms with Crippen molar-refractivity contribution in [3.05, 3.63) is 34.3 Å². The maximum Gasteiger partial charge on any atom is 0.304 e. The number of likely N-dealkylation sites (tertiary alicyclic amines) is 1. The van der Waals surface area contributed by atoms with E-state index in [0.717, 1.165) is 17.4 Å². The summed E-state index contributed by atoms with van der Waals surface area (Å²) in [6.45, 7) is 1.71. The minimum Gasteiger partial charge on any atom is -0.481 e. The summed E-state index contributed by atoms with van der Waals surface area (Å²) in [4.78, 5) is 13.1. The molecule has 0 saturated carbocycles. The average molecular weight is 326 g/mol. The van der Waals surface area contributed by atoms with Crippen LogP contribution in [0.15, 0.2) is 28.7 Å². The van der Waals surface area contributed by atoms with Crippen molar-refractivity contribution >= 4 is 21.9 Å². The van der Waals surface area contributed by atoms with Gasteiger partial charge in [-0.1, -0.05) is 34.5 Å².